The smallest absolute Gasteiger partial charge is 0.407 e. The Morgan fingerprint density at radius 2 is 1.95 bits per heavy atom. The Morgan fingerprint density at radius 1 is 1.32 bits per heavy atom. The molecule has 0 radical (unpaired) electrons. The number of nitrogens with two attached hydrogens (primary N) is 1. The van der Waals surface area contributed by atoms with Crippen LogP contribution in [-0.4, -0.2) is 50.0 Å². The maximum Gasteiger partial charge on any atom is 0.407 e. The molecule has 0 spiro atoms. The third-order valence-corrected chi connectivity index (χ3v) is 2.65. The van der Waals surface area contributed by atoms with Gasteiger partial charge < -0.3 is 25.8 Å². The van der Waals surface area contributed by atoms with Crippen LogP contribution >= 0.6 is 0 Å². The Labute approximate surface area is 134 Å². The summed E-state index contributed by atoms with van der Waals surface area (Å²) in [6.45, 7) is 10.5. The normalized spacial score (nSPS) is 15.1. The van der Waals surface area contributed by atoms with Gasteiger partial charge in [0.05, 0.1) is 19.2 Å². The van der Waals surface area contributed by atoms with Crippen molar-refractivity contribution in [3.05, 3.63) is 0 Å². The number of carbonyl (C=O) groups is 1. The Morgan fingerprint density at radius 3 is 2.45 bits per heavy atom. The molecule has 22 heavy (non-hydrogen) atoms. The number of aliphatic imine (C=N–C) groups is 1. The zero-order valence-corrected chi connectivity index (χ0v) is 14.7. The standard InChI is InChI=1S/C15H32N4O3/c1-7-8-12(19-14(20)22-15(3,4)5)9-17-13(16)18-11(2)10-21-6/h11-12H,7-10H2,1-6H3,(H,19,20)(H3,16,17,18). The first kappa shape index (κ1) is 20.5. The predicted molar refractivity (Wildman–Crippen MR) is 89.0 cm³/mol. The summed E-state index contributed by atoms with van der Waals surface area (Å²) in [5.41, 5.74) is 5.31. The molecule has 130 valence electrons. The minimum atomic E-state index is -0.514. The summed E-state index contributed by atoms with van der Waals surface area (Å²) in [6, 6.07) is -0.0184. The first-order valence-corrected chi connectivity index (χ1v) is 7.72. The molecule has 0 fully saturated rings. The van der Waals surface area contributed by atoms with Crippen molar-refractivity contribution in [2.24, 2.45) is 10.7 Å². The van der Waals surface area contributed by atoms with Crippen molar-refractivity contribution >= 4 is 12.1 Å². The molecular formula is C15H32N4O3. The van der Waals surface area contributed by atoms with Crippen LogP contribution in [-0.2, 0) is 9.47 Å². The van der Waals surface area contributed by atoms with E-state index in [1.165, 1.54) is 0 Å². The van der Waals surface area contributed by atoms with Gasteiger partial charge in [-0.3, -0.25) is 4.99 Å². The highest BCUT2D eigenvalue weighted by Gasteiger charge is 2.19. The first-order chi connectivity index (χ1) is 10.2. The van der Waals surface area contributed by atoms with Crippen LogP contribution in [0, 0.1) is 0 Å². The minimum Gasteiger partial charge on any atom is -0.444 e. The average Bonchev–Trinajstić information content (AvgIpc) is 2.34. The lowest BCUT2D eigenvalue weighted by Gasteiger charge is -2.23. The van der Waals surface area contributed by atoms with Crippen molar-refractivity contribution in [2.45, 2.75) is 65.1 Å². The third kappa shape index (κ3) is 11.2. The van der Waals surface area contributed by atoms with Gasteiger partial charge in [0, 0.05) is 13.2 Å². The number of rotatable bonds is 8. The van der Waals surface area contributed by atoms with E-state index in [1.807, 2.05) is 27.7 Å². The zero-order chi connectivity index (χ0) is 17.2. The summed E-state index contributed by atoms with van der Waals surface area (Å²) < 4.78 is 10.3. The van der Waals surface area contributed by atoms with Crippen LogP contribution in [0.15, 0.2) is 4.99 Å². The summed E-state index contributed by atoms with van der Waals surface area (Å²) in [4.78, 5) is 16.1. The number of hydrogen-bond donors (Lipinski definition) is 3. The van der Waals surface area contributed by atoms with Crippen LogP contribution in [0.25, 0.3) is 0 Å². The van der Waals surface area contributed by atoms with E-state index < -0.39 is 11.7 Å². The number of alkyl carbamates (subject to hydrolysis) is 1. The second kappa shape index (κ2) is 10.3. The van der Waals surface area contributed by atoms with E-state index in [0.717, 1.165) is 12.8 Å². The van der Waals surface area contributed by atoms with Crippen molar-refractivity contribution in [3.63, 3.8) is 0 Å². The molecule has 4 N–H and O–H groups in total. The number of ether oxygens (including phenoxy) is 2. The monoisotopic (exact) mass is 316 g/mol. The van der Waals surface area contributed by atoms with Crippen molar-refractivity contribution < 1.29 is 14.3 Å². The van der Waals surface area contributed by atoms with Gasteiger partial charge in [-0.15, -0.1) is 0 Å². The van der Waals surface area contributed by atoms with E-state index in [4.69, 9.17) is 15.2 Å². The first-order valence-electron chi connectivity index (χ1n) is 7.72. The Balaban J connectivity index is 4.42. The van der Waals surface area contributed by atoms with E-state index in [9.17, 15) is 4.79 Å². The van der Waals surface area contributed by atoms with Gasteiger partial charge in [-0.1, -0.05) is 13.3 Å². The molecule has 0 heterocycles. The van der Waals surface area contributed by atoms with E-state index in [1.54, 1.807) is 7.11 Å². The molecule has 1 amide bonds. The number of nitrogens with zero attached hydrogens (tertiary/aromatic N) is 1. The van der Waals surface area contributed by atoms with E-state index >= 15 is 0 Å². The fourth-order valence-electron chi connectivity index (χ4n) is 1.83. The Bertz CT molecular complexity index is 353. The highest BCUT2D eigenvalue weighted by atomic mass is 16.6. The number of amides is 1. The van der Waals surface area contributed by atoms with Gasteiger partial charge in [0.1, 0.15) is 5.60 Å². The molecule has 0 aliphatic carbocycles. The van der Waals surface area contributed by atoms with Crippen molar-refractivity contribution in [3.8, 4) is 0 Å². The predicted octanol–water partition coefficient (Wildman–Crippen LogP) is 1.62. The van der Waals surface area contributed by atoms with E-state index in [2.05, 4.69) is 22.5 Å². The minimum absolute atomic E-state index is 0.0807. The van der Waals surface area contributed by atoms with Gasteiger partial charge in [-0.25, -0.2) is 4.79 Å². The zero-order valence-electron chi connectivity index (χ0n) is 14.7. The number of methoxy groups -OCH3 is 1. The molecule has 7 heteroatoms. The molecule has 0 aromatic carbocycles. The fraction of sp³-hybridized carbons (Fsp3) is 0.867. The van der Waals surface area contributed by atoms with E-state index in [-0.39, 0.29) is 12.1 Å². The van der Waals surface area contributed by atoms with Crippen LogP contribution in [0.2, 0.25) is 0 Å². The molecular weight excluding hydrogens is 284 g/mol. The summed E-state index contributed by atoms with van der Waals surface area (Å²) in [6.07, 6.45) is 1.31. The average molecular weight is 316 g/mol. The SMILES string of the molecule is CCCC(CN=C(N)NC(C)COC)NC(=O)OC(C)(C)C. The highest BCUT2D eigenvalue weighted by Crippen LogP contribution is 2.07. The van der Waals surface area contributed by atoms with Gasteiger partial charge in [0.25, 0.3) is 0 Å². The van der Waals surface area contributed by atoms with Crippen LogP contribution < -0.4 is 16.4 Å². The topological polar surface area (TPSA) is 98.0 Å². The number of hydrogen-bond acceptors (Lipinski definition) is 4. The Hall–Kier alpha value is -1.50. The molecule has 0 saturated heterocycles. The lowest BCUT2D eigenvalue weighted by Crippen LogP contribution is -2.43. The molecule has 7 nitrogen and oxygen atoms in total. The third-order valence-electron chi connectivity index (χ3n) is 2.65. The number of guanidine groups is 1. The summed E-state index contributed by atoms with van der Waals surface area (Å²) in [7, 11) is 1.63. The fourth-order valence-corrected chi connectivity index (χ4v) is 1.83. The molecule has 0 aliphatic rings. The molecule has 0 bridgehead atoms. The number of nitrogens with one attached hydrogen (secondary N) is 2. The van der Waals surface area contributed by atoms with Crippen molar-refractivity contribution in [2.75, 3.05) is 20.3 Å². The maximum absolute atomic E-state index is 11.8. The van der Waals surface area contributed by atoms with Gasteiger partial charge in [-0.05, 0) is 34.1 Å². The molecule has 2 atom stereocenters. The number of carbonyl (C=O) groups excluding carboxylic acids is 1. The van der Waals surface area contributed by atoms with Crippen LogP contribution in [0.1, 0.15) is 47.5 Å². The Kier molecular flexibility index (Phi) is 9.56. The molecule has 0 aromatic rings. The van der Waals surface area contributed by atoms with Gasteiger partial charge in [-0.2, -0.15) is 0 Å². The summed E-state index contributed by atoms with van der Waals surface area (Å²) in [5.74, 6) is 0.344. The molecule has 0 aliphatic heterocycles. The quantitative estimate of drug-likeness (QED) is 0.467. The lowest BCUT2D eigenvalue weighted by atomic mass is 10.1. The molecule has 0 rings (SSSR count). The van der Waals surface area contributed by atoms with Crippen LogP contribution in [0.5, 0.6) is 0 Å². The maximum atomic E-state index is 11.8. The summed E-state index contributed by atoms with van der Waals surface area (Å²) >= 11 is 0. The van der Waals surface area contributed by atoms with Gasteiger partial charge in [0.15, 0.2) is 5.96 Å². The van der Waals surface area contributed by atoms with Crippen LogP contribution in [0.4, 0.5) is 4.79 Å². The largest absolute Gasteiger partial charge is 0.444 e. The molecule has 2 unspecified atom stereocenters. The van der Waals surface area contributed by atoms with Gasteiger partial charge >= 0.3 is 6.09 Å². The highest BCUT2D eigenvalue weighted by molar-refractivity contribution is 5.78. The summed E-state index contributed by atoms with van der Waals surface area (Å²) in [5, 5.41) is 5.86. The van der Waals surface area contributed by atoms with Gasteiger partial charge in [0.2, 0.25) is 0 Å². The second-order valence-corrected chi connectivity index (χ2v) is 6.36. The lowest BCUT2D eigenvalue weighted by molar-refractivity contribution is 0.0503. The van der Waals surface area contributed by atoms with Crippen molar-refractivity contribution in [1.82, 2.24) is 10.6 Å². The molecule has 0 saturated carbocycles. The van der Waals surface area contributed by atoms with E-state index in [0.29, 0.717) is 19.1 Å². The van der Waals surface area contributed by atoms with Crippen molar-refractivity contribution in [1.29, 1.82) is 0 Å². The molecule has 0 aromatic heterocycles. The second-order valence-electron chi connectivity index (χ2n) is 6.36. The van der Waals surface area contributed by atoms with Crippen LogP contribution in [0.3, 0.4) is 0 Å².